The van der Waals surface area contributed by atoms with E-state index in [9.17, 15) is 4.79 Å². The summed E-state index contributed by atoms with van der Waals surface area (Å²) in [6.07, 6.45) is 0.826. The fourth-order valence-corrected chi connectivity index (χ4v) is 3.83. The summed E-state index contributed by atoms with van der Waals surface area (Å²) < 4.78 is 5.18. The van der Waals surface area contributed by atoms with Crippen LogP contribution in [0.4, 0.5) is 0 Å². The number of aromatic nitrogens is 3. The van der Waals surface area contributed by atoms with E-state index in [1.807, 2.05) is 12.3 Å². The number of thiazole rings is 1. The van der Waals surface area contributed by atoms with E-state index in [4.69, 9.17) is 4.52 Å². The van der Waals surface area contributed by atoms with E-state index in [2.05, 4.69) is 25.3 Å². The van der Waals surface area contributed by atoms with E-state index >= 15 is 0 Å². The van der Waals surface area contributed by atoms with E-state index < -0.39 is 5.54 Å². The molecule has 3 heterocycles. The minimum absolute atomic E-state index is 0.0386. The Kier molecular flexibility index (Phi) is 3.96. The number of aryl methyl sites for hydroxylation is 2. The van der Waals surface area contributed by atoms with Gasteiger partial charge in [0.05, 0.1) is 6.54 Å². The van der Waals surface area contributed by atoms with Gasteiger partial charge < -0.3 is 9.84 Å². The Morgan fingerprint density at radius 1 is 1.50 bits per heavy atom. The first-order chi connectivity index (χ1) is 10.5. The minimum Gasteiger partial charge on any atom is -0.343 e. The molecule has 0 aromatic carbocycles. The lowest BCUT2D eigenvalue weighted by atomic mass is 9.99. The third kappa shape index (κ3) is 3.02. The molecule has 1 atom stereocenters. The van der Waals surface area contributed by atoms with Crippen molar-refractivity contribution in [1.29, 1.82) is 0 Å². The van der Waals surface area contributed by atoms with Crippen molar-refractivity contribution < 1.29 is 9.32 Å². The standard InChI is InChI=1S/C14H19N5O2S/c1-9-7-22-13(15-9)14(17-11(3)20)4-5-19(8-14)6-12-16-10(2)18-21-12/h7H,4-6,8H2,1-3H3,(H,17,20). The summed E-state index contributed by atoms with van der Waals surface area (Å²) in [5, 5.41) is 9.90. The Labute approximate surface area is 132 Å². The number of carbonyl (C=O) groups is 1. The second-order valence-corrected chi connectivity index (χ2v) is 6.61. The van der Waals surface area contributed by atoms with Crippen LogP contribution in [0.1, 0.15) is 35.8 Å². The van der Waals surface area contributed by atoms with Crippen molar-refractivity contribution in [3.05, 3.63) is 27.8 Å². The summed E-state index contributed by atoms with van der Waals surface area (Å²) >= 11 is 1.60. The van der Waals surface area contributed by atoms with Crippen LogP contribution in [0.25, 0.3) is 0 Å². The molecule has 2 aromatic heterocycles. The van der Waals surface area contributed by atoms with Crippen molar-refractivity contribution in [2.45, 2.75) is 39.3 Å². The Morgan fingerprint density at radius 2 is 2.32 bits per heavy atom. The number of nitrogens with one attached hydrogen (secondary N) is 1. The van der Waals surface area contributed by atoms with Crippen LogP contribution < -0.4 is 5.32 Å². The lowest BCUT2D eigenvalue weighted by molar-refractivity contribution is -0.120. The average Bonchev–Trinajstić information content (AvgIpc) is 3.12. The van der Waals surface area contributed by atoms with E-state index in [0.717, 1.165) is 23.7 Å². The zero-order valence-corrected chi connectivity index (χ0v) is 13.7. The second-order valence-electron chi connectivity index (χ2n) is 5.75. The van der Waals surface area contributed by atoms with Crippen molar-refractivity contribution in [2.75, 3.05) is 13.1 Å². The van der Waals surface area contributed by atoms with Crippen LogP contribution >= 0.6 is 11.3 Å². The SMILES string of the molecule is CC(=O)NC1(c2nc(C)cs2)CCN(Cc2nc(C)no2)C1. The number of nitrogens with zero attached hydrogens (tertiary/aromatic N) is 4. The fraction of sp³-hybridized carbons (Fsp3) is 0.571. The van der Waals surface area contributed by atoms with Crippen molar-refractivity contribution in [3.8, 4) is 0 Å². The smallest absolute Gasteiger partial charge is 0.240 e. The van der Waals surface area contributed by atoms with Gasteiger partial charge in [0.25, 0.3) is 0 Å². The van der Waals surface area contributed by atoms with Crippen LogP contribution in [-0.4, -0.2) is 39.0 Å². The first kappa shape index (κ1) is 15.1. The highest BCUT2D eigenvalue weighted by Crippen LogP contribution is 2.34. The summed E-state index contributed by atoms with van der Waals surface area (Å²) in [5.41, 5.74) is 0.565. The van der Waals surface area contributed by atoms with E-state index in [1.165, 1.54) is 0 Å². The molecular formula is C14H19N5O2S. The van der Waals surface area contributed by atoms with Crippen molar-refractivity contribution >= 4 is 17.2 Å². The topological polar surface area (TPSA) is 84.2 Å². The highest BCUT2D eigenvalue weighted by atomic mass is 32.1. The normalized spacial score (nSPS) is 22.1. The number of likely N-dealkylation sites (tertiary alicyclic amines) is 1. The molecular weight excluding hydrogens is 302 g/mol. The number of carbonyl (C=O) groups excluding carboxylic acids is 1. The first-order valence-electron chi connectivity index (χ1n) is 7.20. The highest BCUT2D eigenvalue weighted by Gasteiger charge is 2.43. The van der Waals surface area contributed by atoms with Gasteiger partial charge in [0.15, 0.2) is 5.82 Å². The molecule has 0 radical (unpaired) electrons. The number of hydrogen-bond donors (Lipinski definition) is 1. The maximum Gasteiger partial charge on any atom is 0.240 e. The van der Waals surface area contributed by atoms with Gasteiger partial charge in [0.1, 0.15) is 10.5 Å². The van der Waals surface area contributed by atoms with Crippen LogP contribution in [0.15, 0.2) is 9.90 Å². The van der Waals surface area contributed by atoms with E-state index in [1.54, 1.807) is 25.2 Å². The van der Waals surface area contributed by atoms with Gasteiger partial charge in [-0.25, -0.2) is 4.98 Å². The van der Waals surface area contributed by atoms with Crippen molar-refractivity contribution in [2.24, 2.45) is 0 Å². The molecule has 1 amide bonds. The average molecular weight is 321 g/mol. The van der Waals surface area contributed by atoms with Crippen LogP contribution in [0.2, 0.25) is 0 Å². The molecule has 1 unspecified atom stereocenters. The molecule has 0 spiro atoms. The molecule has 1 aliphatic heterocycles. The molecule has 1 saturated heterocycles. The summed E-state index contributed by atoms with van der Waals surface area (Å²) in [7, 11) is 0. The Morgan fingerprint density at radius 3 is 2.91 bits per heavy atom. The summed E-state index contributed by atoms with van der Waals surface area (Å²) in [4.78, 5) is 22.7. The minimum atomic E-state index is -0.417. The molecule has 118 valence electrons. The molecule has 3 rings (SSSR count). The van der Waals surface area contributed by atoms with E-state index in [0.29, 0.717) is 24.8 Å². The summed E-state index contributed by atoms with van der Waals surface area (Å²) in [5.74, 6) is 1.20. The molecule has 1 aliphatic rings. The largest absolute Gasteiger partial charge is 0.343 e. The fourth-order valence-electron chi connectivity index (χ4n) is 2.86. The summed E-state index contributed by atoms with van der Waals surface area (Å²) in [6.45, 7) is 7.45. The lowest BCUT2D eigenvalue weighted by Crippen LogP contribution is -2.47. The maximum atomic E-state index is 11.7. The quantitative estimate of drug-likeness (QED) is 0.916. The molecule has 1 fully saturated rings. The van der Waals surface area contributed by atoms with Gasteiger partial charge in [-0.05, 0) is 20.3 Å². The van der Waals surface area contributed by atoms with Crippen molar-refractivity contribution in [1.82, 2.24) is 25.3 Å². The molecule has 22 heavy (non-hydrogen) atoms. The monoisotopic (exact) mass is 321 g/mol. The van der Waals surface area contributed by atoms with Crippen molar-refractivity contribution in [3.63, 3.8) is 0 Å². The third-order valence-corrected chi connectivity index (χ3v) is 4.88. The van der Waals surface area contributed by atoms with Crippen LogP contribution in [-0.2, 0) is 16.9 Å². The molecule has 8 heteroatoms. The molecule has 0 saturated carbocycles. The predicted molar refractivity (Wildman–Crippen MR) is 81.3 cm³/mol. The van der Waals surface area contributed by atoms with Gasteiger partial charge in [-0.3, -0.25) is 9.69 Å². The van der Waals surface area contributed by atoms with Gasteiger partial charge in [0, 0.05) is 31.1 Å². The van der Waals surface area contributed by atoms with Crippen LogP contribution in [0.5, 0.6) is 0 Å². The Hall–Kier alpha value is -1.80. The maximum absolute atomic E-state index is 11.7. The van der Waals surface area contributed by atoms with E-state index in [-0.39, 0.29) is 5.91 Å². The summed E-state index contributed by atoms with van der Waals surface area (Å²) in [6, 6.07) is 0. The van der Waals surface area contributed by atoms with Gasteiger partial charge >= 0.3 is 0 Å². The molecule has 0 bridgehead atoms. The van der Waals surface area contributed by atoms with Gasteiger partial charge in [-0.2, -0.15) is 4.98 Å². The van der Waals surface area contributed by atoms with Crippen LogP contribution in [0, 0.1) is 13.8 Å². The number of hydrogen-bond acceptors (Lipinski definition) is 7. The molecule has 0 aliphatic carbocycles. The third-order valence-electron chi connectivity index (χ3n) is 3.72. The van der Waals surface area contributed by atoms with Crippen LogP contribution in [0.3, 0.4) is 0 Å². The second kappa shape index (κ2) is 5.77. The first-order valence-corrected chi connectivity index (χ1v) is 8.08. The van der Waals surface area contributed by atoms with Gasteiger partial charge in [0.2, 0.25) is 11.8 Å². The molecule has 2 aromatic rings. The zero-order valence-electron chi connectivity index (χ0n) is 12.9. The number of rotatable bonds is 4. The number of amides is 1. The predicted octanol–water partition coefficient (Wildman–Crippen LogP) is 1.38. The zero-order chi connectivity index (χ0) is 15.7. The van der Waals surface area contributed by atoms with Gasteiger partial charge in [-0.15, -0.1) is 11.3 Å². The Balaban J connectivity index is 1.79. The highest BCUT2D eigenvalue weighted by molar-refractivity contribution is 7.09. The van der Waals surface area contributed by atoms with Gasteiger partial charge in [-0.1, -0.05) is 5.16 Å². The lowest BCUT2D eigenvalue weighted by Gasteiger charge is -2.28. The molecule has 1 N–H and O–H groups in total. The Bertz CT molecular complexity index is 682. The molecule has 7 nitrogen and oxygen atoms in total.